The maximum absolute atomic E-state index is 14.1. The van der Waals surface area contributed by atoms with Crippen LogP contribution in [0.25, 0.3) is 0 Å². The highest BCUT2D eigenvalue weighted by Gasteiger charge is 2.33. The van der Waals surface area contributed by atoms with Crippen molar-refractivity contribution in [3.63, 3.8) is 0 Å². The summed E-state index contributed by atoms with van der Waals surface area (Å²) in [6.45, 7) is 2.70. The first-order chi connectivity index (χ1) is 12.2. The van der Waals surface area contributed by atoms with Crippen molar-refractivity contribution >= 4 is 5.69 Å². The van der Waals surface area contributed by atoms with Gasteiger partial charge in [-0.1, -0.05) is 0 Å². The zero-order valence-electron chi connectivity index (χ0n) is 13.8. The summed E-state index contributed by atoms with van der Waals surface area (Å²) in [5, 5.41) is 0. The van der Waals surface area contributed by atoms with Crippen LogP contribution in [0.1, 0.15) is 24.0 Å². The number of aryl methyl sites for hydroxylation is 1. The summed E-state index contributed by atoms with van der Waals surface area (Å²) in [6.07, 6.45) is -3.14. The molecule has 0 saturated carbocycles. The third-order valence-electron chi connectivity index (χ3n) is 4.22. The van der Waals surface area contributed by atoms with Crippen LogP contribution in [0.15, 0.2) is 24.3 Å². The average molecular weight is 375 g/mol. The van der Waals surface area contributed by atoms with Crippen molar-refractivity contribution in [2.75, 3.05) is 18.0 Å². The van der Waals surface area contributed by atoms with Gasteiger partial charge < -0.3 is 9.64 Å². The van der Waals surface area contributed by atoms with E-state index in [2.05, 4.69) is 0 Å². The highest BCUT2D eigenvalue weighted by atomic mass is 19.4. The summed E-state index contributed by atoms with van der Waals surface area (Å²) in [5.74, 6) is -4.43. The largest absolute Gasteiger partial charge is 0.449 e. The topological polar surface area (TPSA) is 12.5 Å². The van der Waals surface area contributed by atoms with Crippen LogP contribution in [-0.4, -0.2) is 13.1 Å². The van der Waals surface area contributed by atoms with E-state index in [4.69, 9.17) is 4.74 Å². The number of halogens is 6. The molecule has 0 unspecified atom stereocenters. The molecule has 1 heterocycles. The predicted octanol–water partition coefficient (Wildman–Crippen LogP) is 5.82. The van der Waals surface area contributed by atoms with Crippen LogP contribution in [-0.2, 0) is 6.18 Å². The predicted molar refractivity (Wildman–Crippen MR) is 84.0 cm³/mol. The Kier molecular flexibility index (Phi) is 4.77. The van der Waals surface area contributed by atoms with Gasteiger partial charge in [0.15, 0.2) is 23.1 Å². The number of hydrogen-bond donors (Lipinski definition) is 0. The molecular formula is C18H15F6NO. The molecule has 2 nitrogen and oxygen atoms in total. The second-order valence-corrected chi connectivity index (χ2v) is 6.13. The molecule has 0 radical (unpaired) electrons. The van der Waals surface area contributed by atoms with Crippen molar-refractivity contribution in [3.8, 4) is 11.5 Å². The lowest BCUT2D eigenvalue weighted by molar-refractivity contribution is -0.138. The second kappa shape index (κ2) is 6.74. The molecule has 2 aromatic rings. The fraction of sp³-hybridized carbons (Fsp3) is 0.333. The van der Waals surface area contributed by atoms with Crippen LogP contribution in [0.5, 0.6) is 11.5 Å². The second-order valence-electron chi connectivity index (χ2n) is 6.13. The van der Waals surface area contributed by atoms with E-state index in [1.807, 2.05) is 0 Å². The van der Waals surface area contributed by atoms with Gasteiger partial charge in [-0.15, -0.1) is 0 Å². The molecular weight excluding hydrogens is 360 g/mol. The lowest BCUT2D eigenvalue weighted by Gasteiger charge is -2.22. The van der Waals surface area contributed by atoms with Gasteiger partial charge in [0.2, 0.25) is 0 Å². The van der Waals surface area contributed by atoms with E-state index in [0.29, 0.717) is 18.8 Å². The summed E-state index contributed by atoms with van der Waals surface area (Å²) >= 11 is 0. The van der Waals surface area contributed by atoms with E-state index in [1.165, 1.54) is 19.1 Å². The minimum absolute atomic E-state index is 0.0108. The number of anilines is 1. The molecule has 0 aliphatic carbocycles. The minimum Gasteiger partial charge on any atom is -0.449 e. The van der Waals surface area contributed by atoms with E-state index in [0.717, 1.165) is 12.8 Å². The van der Waals surface area contributed by atoms with E-state index < -0.39 is 34.9 Å². The molecule has 0 bridgehead atoms. The molecule has 0 N–H and O–H groups in total. The van der Waals surface area contributed by atoms with Crippen molar-refractivity contribution in [1.82, 2.24) is 0 Å². The maximum Gasteiger partial charge on any atom is 0.416 e. The summed E-state index contributed by atoms with van der Waals surface area (Å²) in [5.41, 5.74) is -0.949. The highest BCUT2D eigenvalue weighted by Crippen LogP contribution is 2.40. The molecule has 0 amide bonds. The fourth-order valence-electron chi connectivity index (χ4n) is 2.86. The Morgan fingerprint density at radius 1 is 0.885 bits per heavy atom. The van der Waals surface area contributed by atoms with E-state index in [-0.39, 0.29) is 23.4 Å². The molecule has 140 valence electrons. The Hall–Kier alpha value is -2.38. The van der Waals surface area contributed by atoms with Crippen molar-refractivity contribution in [2.24, 2.45) is 0 Å². The first-order valence-electron chi connectivity index (χ1n) is 7.96. The molecule has 2 aromatic carbocycles. The third kappa shape index (κ3) is 3.59. The van der Waals surface area contributed by atoms with Crippen molar-refractivity contribution < 1.29 is 31.1 Å². The molecule has 0 atom stereocenters. The van der Waals surface area contributed by atoms with Gasteiger partial charge in [-0.25, -0.2) is 13.2 Å². The monoisotopic (exact) mass is 375 g/mol. The summed E-state index contributed by atoms with van der Waals surface area (Å²) in [4.78, 5) is 1.80. The fourth-order valence-corrected chi connectivity index (χ4v) is 2.86. The molecule has 1 saturated heterocycles. The molecule has 1 aliphatic rings. The number of ether oxygens (including phenoxy) is 1. The Bertz CT molecular complexity index is 804. The molecule has 8 heteroatoms. The first-order valence-corrected chi connectivity index (χ1v) is 7.96. The van der Waals surface area contributed by atoms with Gasteiger partial charge in [-0.05, 0) is 43.5 Å². The lowest BCUT2D eigenvalue weighted by atomic mass is 10.1. The molecule has 3 rings (SSSR count). The maximum atomic E-state index is 14.1. The van der Waals surface area contributed by atoms with Gasteiger partial charge >= 0.3 is 6.18 Å². The van der Waals surface area contributed by atoms with Crippen LogP contribution >= 0.6 is 0 Å². The Morgan fingerprint density at radius 2 is 1.46 bits per heavy atom. The van der Waals surface area contributed by atoms with Gasteiger partial charge in [-0.2, -0.15) is 13.2 Å². The average Bonchev–Trinajstić information content (AvgIpc) is 3.07. The Balaban J connectivity index is 2.02. The summed E-state index contributed by atoms with van der Waals surface area (Å²) in [7, 11) is 0. The van der Waals surface area contributed by atoms with Gasteiger partial charge in [0.05, 0.1) is 11.3 Å². The molecule has 1 aliphatic heterocycles. The minimum atomic E-state index is -4.88. The normalized spacial score (nSPS) is 14.8. The number of alkyl halides is 3. The van der Waals surface area contributed by atoms with Gasteiger partial charge in [-0.3, -0.25) is 0 Å². The lowest BCUT2D eigenvalue weighted by Crippen LogP contribution is -2.19. The Labute approximate surface area is 146 Å². The van der Waals surface area contributed by atoms with Gasteiger partial charge in [0.1, 0.15) is 5.82 Å². The molecule has 1 fully saturated rings. The van der Waals surface area contributed by atoms with Crippen LogP contribution < -0.4 is 9.64 Å². The third-order valence-corrected chi connectivity index (χ3v) is 4.22. The van der Waals surface area contributed by atoms with Crippen molar-refractivity contribution in [3.05, 3.63) is 52.8 Å². The van der Waals surface area contributed by atoms with Crippen molar-refractivity contribution in [1.29, 1.82) is 0 Å². The standard InChI is InChI=1S/C18H15F6NO/c1-10-6-16(15(9-12(10)19)25-4-2-3-5-25)26-17-13(20)7-11(8-14(17)21)18(22,23)24/h6-9H,2-5H2,1H3. The van der Waals surface area contributed by atoms with Gasteiger partial charge in [0, 0.05) is 19.2 Å². The van der Waals surface area contributed by atoms with E-state index in [1.54, 1.807) is 4.90 Å². The highest BCUT2D eigenvalue weighted by molar-refractivity contribution is 5.62. The van der Waals surface area contributed by atoms with Crippen LogP contribution in [0.3, 0.4) is 0 Å². The van der Waals surface area contributed by atoms with Crippen LogP contribution in [0.2, 0.25) is 0 Å². The summed E-state index contributed by atoms with van der Waals surface area (Å²) in [6, 6.07) is 2.82. The number of nitrogens with zero attached hydrogens (tertiary/aromatic N) is 1. The molecule has 0 spiro atoms. The van der Waals surface area contributed by atoms with E-state index >= 15 is 0 Å². The first kappa shape index (κ1) is 18.4. The quantitative estimate of drug-likeness (QED) is 0.627. The van der Waals surface area contributed by atoms with Crippen LogP contribution in [0, 0.1) is 24.4 Å². The van der Waals surface area contributed by atoms with Crippen molar-refractivity contribution in [2.45, 2.75) is 25.9 Å². The number of rotatable bonds is 3. The molecule has 0 aromatic heterocycles. The zero-order valence-corrected chi connectivity index (χ0v) is 13.8. The number of benzene rings is 2. The summed E-state index contributed by atoms with van der Waals surface area (Å²) < 4.78 is 85.3. The SMILES string of the molecule is Cc1cc(Oc2c(F)cc(C(F)(F)F)cc2F)c(N2CCCC2)cc1F. The van der Waals surface area contributed by atoms with Crippen LogP contribution in [0.4, 0.5) is 32.0 Å². The smallest absolute Gasteiger partial charge is 0.416 e. The Morgan fingerprint density at radius 3 is 2.00 bits per heavy atom. The number of hydrogen-bond acceptors (Lipinski definition) is 2. The van der Waals surface area contributed by atoms with E-state index in [9.17, 15) is 26.3 Å². The zero-order chi connectivity index (χ0) is 19.1. The van der Waals surface area contributed by atoms with Gasteiger partial charge in [0.25, 0.3) is 0 Å². The molecule has 26 heavy (non-hydrogen) atoms.